The van der Waals surface area contributed by atoms with Gasteiger partial charge in [0.05, 0.1) is 6.10 Å². The molecule has 0 aliphatic carbocycles. The van der Waals surface area contributed by atoms with Crippen LogP contribution in [-0.2, 0) is 6.54 Å². The second-order valence-electron chi connectivity index (χ2n) is 4.14. The molecule has 5 heteroatoms. The Morgan fingerprint density at radius 1 is 1.33 bits per heavy atom. The number of nitrogens with zero attached hydrogens (tertiary/aromatic N) is 2. The third-order valence-corrected chi connectivity index (χ3v) is 3.01. The van der Waals surface area contributed by atoms with E-state index in [-0.39, 0.29) is 6.10 Å². The lowest BCUT2D eigenvalue weighted by Crippen LogP contribution is -2.36. The van der Waals surface area contributed by atoms with E-state index in [0.717, 1.165) is 37.3 Å². The molecule has 0 radical (unpaired) electrons. The summed E-state index contributed by atoms with van der Waals surface area (Å²) in [5.74, 6) is 1.38. The summed E-state index contributed by atoms with van der Waals surface area (Å²) >= 11 is 0. The van der Waals surface area contributed by atoms with Gasteiger partial charge in [0.15, 0.2) is 0 Å². The molecule has 1 aromatic rings. The molecule has 0 saturated carbocycles. The Bertz CT molecular complexity index is 362. The maximum Gasteiger partial charge on any atom is 0.130 e. The Morgan fingerprint density at radius 3 is 2.44 bits per heavy atom. The molecule has 0 amide bonds. The van der Waals surface area contributed by atoms with Crippen LogP contribution < -0.4 is 16.4 Å². The smallest absolute Gasteiger partial charge is 0.130 e. The Kier molecular flexibility index (Phi) is 5.88. The highest BCUT2D eigenvalue weighted by Crippen LogP contribution is 2.20. The molecule has 18 heavy (non-hydrogen) atoms. The summed E-state index contributed by atoms with van der Waals surface area (Å²) in [5.41, 5.74) is 12.2. The number of nitrogens with two attached hydrogens (primary N) is 2. The number of rotatable bonds is 2. The fourth-order valence-corrected chi connectivity index (χ4v) is 1.94. The Morgan fingerprint density at radius 2 is 1.94 bits per heavy atom. The molecule has 1 aliphatic rings. The normalized spacial score (nSPS) is 16.1. The second kappa shape index (κ2) is 7.18. The summed E-state index contributed by atoms with van der Waals surface area (Å²) in [5, 5.41) is 9.42. The summed E-state index contributed by atoms with van der Waals surface area (Å²) in [4.78, 5) is 6.48. The first-order valence-corrected chi connectivity index (χ1v) is 6.59. The highest BCUT2D eigenvalue weighted by molar-refractivity contribution is 5.50. The molecule has 2 heterocycles. The van der Waals surface area contributed by atoms with Crippen molar-refractivity contribution in [1.29, 1.82) is 0 Å². The van der Waals surface area contributed by atoms with Crippen molar-refractivity contribution < 1.29 is 5.11 Å². The first-order chi connectivity index (χ1) is 8.70. The number of anilines is 2. The minimum atomic E-state index is -0.170. The van der Waals surface area contributed by atoms with Gasteiger partial charge < -0.3 is 21.5 Å². The van der Waals surface area contributed by atoms with Crippen molar-refractivity contribution in [2.75, 3.05) is 23.7 Å². The van der Waals surface area contributed by atoms with E-state index in [4.69, 9.17) is 11.5 Å². The average molecular weight is 252 g/mol. The zero-order chi connectivity index (χ0) is 13.5. The molecule has 1 saturated heterocycles. The predicted octanol–water partition coefficient (Wildman–Crippen LogP) is 1.11. The maximum atomic E-state index is 9.42. The van der Waals surface area contributed by atoms with Crippen molar-refractivity contribution in [3.05, 3.63) is 17.7 Å². The van der Waals surface area contributed by atoms with Gasteiger partial charge in [-0.1, -0.05) is 19.9 Å². The van der Waals surface area contributed by atoms with Crippen LogP contribution in [0.3, 0.4) is 0 Å². The minimum absolute atomic E-state index is 0.170. The van der Waals surface area contributed by atoms with Gasteiger partial charge in [-0.25, -0.2) is 4.98 Å². The quantitative estimate of drug-likeness (QED) is 0.734. The number of hydrogen-bond donors (Lipinski definition) is 3. The van der Waals surface area contributed by atoms with E-state index in [0.29, 0.717) is 12.4 Å². The molecule has 2 rings (SSSR count). The van der Waals surface area contributed by atoms with E-state index in [1.54, 1.807) is 0 Å². The molecule has 0 unspecified atom stereocenters. The van der Waals surface area contributed by atoms with Crippen LogP contribution in [0.1, 0.15) is 32.3 Å². The molecule has 102 valence electrons. The van der Waals surface area contributed by atoms with E-state index in [2.05, 4.69) is 9.88 Å². The molecule has 0 atom stereocenters. The van der Waals surface area contributed by atoms with Gasteiger partial charge in [-0.05, 0) is 18.9 Å². The number of aliphatic hydroxyl groups is 1. The number of hydrogen-bond acceptors (Lipinski definition) is 5. The van der Waals surface area contributed by atoms with E-state index in [9.17, 15) is 5.11 Å². The van der Waals surface area contributed by atoms with Crippen molar-refractivity contribution in [1.82, 2.24) is 4.98 Å². The second-order valence-corrected chi connectivity index (χ2v) is 4.14. The fraction of sp³-hybridized carbons (Fsp3) is 0.615. The lowest BCUT2D eigenvalue weighted by Gasteiger charge is -2.30. The number of aromatic nitrogens is 1. The Labute approximate surface area is 109 Å². The lowest BCUT2D eigenvalue weighted by atomic mass is 10.1. The van der Waals surface area contributed by atoms with Gasteiger partial charge in [0.1, 0.15) is 11.6 Å². The molecule has 0 bridgehead atoms. The average Bonchev–Trinajstić information content (AvgIpc) is 2.42. The number of piperidine rings is 1. The van der Waals surface area contributed by atoms with Gasteiger partial charge in [-0.2, -0.15) is 0 Å². The largest absolute Gasteiger partial charge is 0.393 e. The van der Waals surface area contributed by atoms with E-state index in [1.165, 1.54) is 0 Å². The number of pyridine rings is 1. The van der Waals surface area contributed by atoms with Crippen molar-refractivity contribution in [2.24, 2.45) is 5.73 Å². The van der Waals surface area contributed by atoms with Gasteiger partial charge in [0.25, 0.3) is 0 Å². The first-order valence-electron chi connectivity index (χ1n) is 6.59. The van der Waals surface area contributed by atoms with Crippen LogP contribution in [0.5, 0.6) is 0 Å². The summed E-state index contributed by atoms with van der Waals surface area (Å²) < 4.78 is 0. The van der Waals surface area contributed by atoms with Gasteiger partial charge >= 0.3 is 0 Å². The first kappa shape index (κ1) is 14.7. The minimum Gasteiger partial charge on any atom is -0.393 e. The molecule has 1 fully saturated rings. The molecular weight excluding hydrogens is 228 g/mol. The molecule has 5 nitrogen and oxygen atoms in total. The van der Waals surface area contributed by atoms with Crippen LogP contribution >= 0.6 is 0 Å². The monoisotopic (exact) mass is 252 g/mol. The van der Waals surface area contributed by atoms with E-state index in [1.807, 2.05) is 26.0 Å². The van der Waals surface area contributed by atoms with E-state index >= 15 is 0 Å². The van der Waals surface area contributed by atoms with Crippen molar-refractivity contribution in [3.63, 3.8) is 0 Å². The molecule has 1 aromatic heterocycles. The molecule has 0 spiro atoms. The van der Waals surface area contributed by atoms with Crippen LogP contribution in [0.2, 0.25) is 0 Å². The summed E-state index contributed by atoms with van der Waals surface area (Å²) in [6, 6.07) is 3.86. The van der Waals surface area contributed by atoms with Gasteiger partial charge in [-0.3, -0.25) is 0 Å². The topological polar surface area (TPSA) is 88.4 Å². The fourth-order valence-electron chi connectivity index (χ4n) is 1.94. The highest BCUT2D eigenvalue weighted by Gasteiger charge is 2.18. The van der Waals surface area contributed by atoms with Crippen molar-refractivity contribution in [2.45, 2.75) is 39.3 Å². The number of aliphatic hydroxyl groups excluding tert-OH is 1. The van der Waals surface area contributed by atoms with Crippen LogP contribution in [0, 0.1) is 0 Å². The van der Waals surface area contributed by atoms with E-state index < -0.39 is 0 Å². The third kappa shape index (κ3) is 3.58. The zero-order valence-corrected chi connectivity index (χ0v) is 11.3. The van der Waals surface area contributed by atoms with Crippen LogP contribution in [0.25, 0.3) is 0 Å². The third-order valence-electron chi connectivity index (χ3n) is 3.01. The van der Waals surface area contributed by atoms with Crippen LogP contribution in [0.4, 0.5) is 11.6 Å². The van der Waals surface area contributed by atoms with Crippen LogP contribution in [-0.4, -0.2) is 29.3 Å². The van der Waals surface area contributed by atoms with Crippen molar-refractivity contribution >= 4 is 11.6 Å². The van der Waals surface area contributed by atoms with Gasteiger partial charge in [-0.15, -0.1) is 0 Å². The summed E-state index contributed by atoms with van der Waals surface area (Å²) in [6.45, 7) is 6.07. The van der Waals surface area contributed by atoms with Crippen molar-refractivity contribution in [3.8, 4) is 0 Å². The molecule has 1 aliphatic heterocycles. The lowest BCUT2D eigenvalue weighted by molar-refractivity contribution is 0.145. The Balaban J connectivity index is 0.000000771. The molecule has 5 N–H and O–H groups in total. The van der Waals surface area contributed by atoms with Crippen LogP contribution in [0.15, 0.2) is 12.1 Å². The molecule has 0 aromatic carbocycles. The standard InChI is InChI=1S/C11H18N4O.C2H6/c12-7-8-1-2-10(14-11(8)13)15-5-3-9(16)4-6-15;1-2/h1-2,9,16H,3-7,12H2,(H2,13,14);1-2H3. The maximum absolute atomic E-state index is 9.42. The van der Waals surface area contributed by atoms with Gasteiger partial charge in [0.2, 0.25) is 0 Å². The summed E-state index contributed by atoms with van der Waals surface area (Å²) in [6.07, 6.45) is 1.41. The number of nitrogen functional groups attached to an aromatic ring is 1. The highest BCUT2D eigenvalue weighted by atomic mass is 16.3. The Hall–Kier alpha value is -1.33. The molecular formula is C13H24N4O. The van der Waals surface area contributed by atoms with Gasteiger partial charge in [0, 0.05) is 25.2 Å². The predicted molar refractivity (Wildman–Crippen MR) is 75.3 cm³/mol. The zero-order valence-electron chi connectivity index (χ0n) is 11.3. The SMILES string of the molecule is CC.NCc1ccc(N2CCC(O)CC2)nc1N. The summed E-state index contributed by atoms with van der Waals surface area (Å²) in [7, 11) is 0.